The summed E-state index contributed by atoms with van der Waals surface area (Å²) in [6, 6.07) is 11.3. The molecule has 0 aromatic heterocycles. The summed E-state index contributed by atoms with van der Waals surface area (Å²) in [5.74, 6) is -0.487. The molecule has 3 aliphatic heterocycles. The summed E-state index contributed by atoms with van der Waals surface area (Å²) in [6.07, 6.45) is 11.6. The number of rotatable bonds is 2. The number of allylic oxidation sites excluding steroid dienone is 1. The van der Waals surface area contributed by atoms with Crippen molar-refractivity contribution in [2.24, 2.45) is 17.8 Å². The summed E-state index contributed by atoms with van der Waals surface area (Å²) in [7, 11) is -4.02. The van der Waals surface area contributed by atoms with Gasteiger partial charge in [-0.1, -0.05) is 36.7 Å². The number of anilines is 1. The highest BCUT2D eigenvalue weighted by Gasteiger charge is 2.49. The van der Waals surface area contributed by atoms with Crippen LogP contribution in [-0.2, 0) is 26.7 Å². The molecule has 5 aliphatic rings. The number of ether oxygens (including phenoxy) is 1. The van der Waals surface area contributed by atoms with Gasteiger partial charge in [-0.25, -0.2) is 13.1 Å². The van der Waals surface area contributed by atoms with Crippen molar-refractivity contribution in [3.63, 3.8) is 0 Å². The van der Waals surface area contributed by atoms with Crippen molar-refractivity contribution >= 4 is 39.1 Å². The molecule has 11 heteroatoms. The van der Waals surface area contributed by atoms with Crippen molar-refractivity contribution in [2.75, 3.05) is 37.7 Å². The standard InChI is InChI=1S/C39H50ClN3O6S/c1-26-8-6-17-39(46,22-36(44)42-18-4-3-5-19-42)33-13-10-30(33)23-43-24-38(16-7-9-28-20-31(40)12-14-32(28)38)25-49-35-15-11-29(21-34(35)43)37(45)41-50(47,48)27(26)2/h6,11-12,14-15,17,20-21,26-27,30,33,46H,3-5,7-10,13,16,18-19,22-25H2,1-2H3,(H,41,45)/b17-6+/t26-,27+,30-,33+,38-,39?/m0/s1. The third kappa shape index (κ3) is 6.80. The Labute approximate surface area is 301 Å². The minimum Gasteiger partial charge on any atom is -0.490 e. The molecule has 0 radical (unpaired) electrons. The molecule has 7 rings (SSSR count). The molecule has 2 fully saturated rings. The molecule has 2 aliphatic carbocycles. The van der Waals surface area contributed by atoms with Crippen LogP contribution in [0.5, 0.6) is 5.75 Å². The molecule has 6 atom stereocenters. The van der Waals surface area contributed by atoms with Gasteiger partial charge in [-0.2, -0.15) is 0 Å². The number of piperidine rings is 1. The van der Waals surface area contributed by atoms with E-state index in [2.05, 4.69) is 21.8 Å². The molecular weight excluding hydrogens is 674 g/mol. The molecule has 1 saturated heterocycles. The second kappa shape index (κ2) is 13.8. The Bertz CT molecular complexity index is 1780. The number of carbonyl (C=O) groups excluding carboxylic acids is 2. The molecule has 2 aromatic carbocycles. The minimum atomic E-state index is -4.02. The second-order valence-electron chi connectivity index (χ2n) is 15.6. The van der Waals surface area contributed by atoms with Gasteiger partial charge < -0.3 is 19.6 Å². The lowest BCUT2D eigenvalue weighted by Crippen LogP contribution is -2.54. The van der Waals surface area contributed by atoms with Crippen LogP contribution >= 0.6 is 11.6 Å². The van der Waals surface area contributed by atoms with Crippen LogP contribution < -0.4 is 14.4 Å². The van der Waals surface area contributed by atoms with Crippen LogP contribution in [0, 0.1) is 17.8 Å². The first-order valence-corrected chi connectivity index (χ1v) is 20.3. The van der Waals surface area contributed by atoms with Gasteiger partial charge in [0.1, 0.15) is 5.75 Å². The van der Waals surface area contributed by atoms with Gasteiger partial charge in [0.25, 0.3) is 5.91 Å². The SMILES string of the molecule is C[C@@H]1[C@@H](C)C/C=C/C(O)(CC(=O)N2CCCCC2)[C@@H]2CC[C@H]2CN2C[C@@]3(CCCc4cc(Cl)ccc43)COc3ccc(cc32)C(=O)NS1(=O)=O. The fourth-order valence-electron chi connectivity index (χ4n) is 9.06. The molecule has 1 saturated carbocycles. The van der Waals surface area contributed by atoms with Crippen LogP contribution in [0.15, 0.2) is 48.6 Å². The maximum Gasteiger partial charge on any atom is 0.264 e. The van der Waals surface area contributed by atoms with E-state index in [0.29, 0.717) is 50.0 Å². The van der Waals surface area contributed by atoms with Crippen molar-refractivity contribution in [3.05, 3.63) is 70.3 Å². The number of likely N-dealkylation sites (tertiary alicyclic amines) is 1. The molecule has 50 heavy (non-hydrogen) atoms. The number of hydrogen-bond donors (Lipinski definition) is 2. The van der Waals surface area contributed by atoms with Crippen molar-refractivity contribution in [1.82, 2.24) is 9.62 Å². The number of nitrogens with one attached hydrogen (secondary N) is 1. The Morgan fingerprint density at radius 3 is 2.64 bits per heavy atom. The van der Waals surface area contributed by atoms with Gasteiger partial charge in [0.2, 0.25) is 15.9 Å². The number of fused-ring (bicyclic) bond motifs is 4. The number of aryl methyl sites for hydroxylation is 1. The lowest BCUT2D eigenvalue weighted by Gasteiger charge is -2.49. The van der Waals surface area contributed by atoms with E-state index in [1.165, 1.54) is 11.1 Å². The van der Waals surface area contributed by atoms with Crippen LogP contribution in [0.25, 0.3) is 0 Å². The number of nitrogens with zero attached hydrogens (tertiary/aromatic N) is 2. The average molecular weight is 724 g/mol. The summed E-state index contributed by atoms with van der Waals surface area (Å²) < 4.78 is 35.9. The van der Waals surface area contributed by atoms with Crippen LogP contribution in [-0.4, -0.2) is 73.9 Å². The zero-order valence-corrected chi connectivity index (χ0v) is 30.8. The zero-order chi connectivity index (χ0) is 35.3. The smallest absolute Gasteiger partial charge is 0.264 e. The number of amides is 2. The van der Waals surface area contributed by atoms with E-state index < -0.39 is 26.8 Å². The quantitative estimate of drug-likeness (QED) is 0.365. The van der Waals surface area contributed by atoms with Crippen LogP contribution in [0.2, 0.25) is 5.02 Å². The lowest BCUT2D eigenvalue weighted by molar-refractivity contribution is -0.140. The van der Waals surface area contributed by atoms with Gasteiger partial charge in [-0.3, -0.25) is 9.59 Å². The van der Waals surface area contributed by atoms with E-state index in [0.717, 1.165) is 57.1 Å². The van der Waals surface area contributed by atoms with Gasteiger partial charge in [-0.05, 0) is 124 Å². The Kier molecular flexibility index (Phi) is 9.76. The summed E-state index contributed by atoms with van der Waals surface area (Å²) in [6.45, 7) is 6.53. The third-order valence-corrected chi connectivity index (χ3v) is 14.5. The molecule has 270 valence electrons. The van der Waals surface area contributed by atoms with E-state index in [4.69, 9.17) is 16.3 Å². The maximum atomic E-state index is 13.7. The third-order valence-electron chi connectivity index (χ3n) is 12.4. The number of halogens is 1. The van der Waals surface area contributed by atoms with E-state index in [-0.39, 0.29) is 41.1 Å². The van der Waals surface area contributed by atoms with Gasteiger partial charge in [0.15, 0.2) is 0 Å². The Morgan fingerprint density at radius 1 is 1.08 bits per heavy atom. The number of sulfonamides is 1. The number of aliphatic hydroxyl groups is 1. The molecule has 9 nitrogen and oxygen atoms in total. The molecule has 1 unspecified atom stereocenters. The minimum absolute atomic E-state index is 0.00484. The fourth-order valence-corrected chi connectivity index (χ4v) is 10.5. The monoisotopic (exact) mass is 723 g/mol. The fraction of sp³-hybridized carbons (Fsp3) is 0.590. The number of hydrogen-bond acceptors (Lipinski definition) is 7. The van der Waals surface area contributed by atoms with E-state index in [1.54, 1.807) is 31.2 Å². The lowest BCUT2D eigenvalue weighted by atomic mass is 9.63. The molecular formula is C39H50ClN3O6S. The first kappa shape index (κ1) is 35.3. The predicted octanol–water partition coefficient (Wildman–Crippen LogP) is 6.02. The van der Waals surface area contributed by atoms with Gasteiger partial charge in [0, 0.05) is 42.2 Å². The Morgan fingerprint density at radius 2 is 1.88 bits per heavy atom. The highest BCUT2D eigenvalue weighted by atomic mass is 35.5. The maximum absolute atomic E-state index is 13.7. The average Bonchev–Trinajstić information content (AvgIpc) is 3.22. The molecule has 2 amide bonds. The van der Waals surface area contributed by atoms with Gasteiger partial charge >= 0.3 is 0 Å². The second-order valence-corrected chi connectivity index (χ2v) is 18.1. The van der Waals surface area contributed by atoms with Crippen molar-refractivity contribution in [1.29, 1.82) is 0 Å². The summed E-state index contributed by atoms with van der Waals surface area (Å²) in [4.78, 5) is 31.4. The molecule has 1 spiro atoms. The largest absolute Gasteiger partial charge is 0.490 e. The topological polar surface area (TPSA) is 116 Å². The number of carbonyl (C=O) groups is 2. The molecule has 2 aromatic rings. The zero-order valence-electron chi connectivity index (χ0n) is 29.2. The highest BCUT2D eigenvalue weighted by molar-refractivity contribution is 7.90. The summed E-state index contributed by atoms with van der Waals surface area (Å²) in [5.41, 5.74) is 1.71. The van der Waals surface area contributed by atoms with Crippen LogP contribution in [0.1, 0.15) is 93.1 Å². The van der Waals surface area contributed by atoms with Crippen molar-refractivity contribution < 1.29 is 27.9 Å². The van der Waals surface area contributed by atoms with Crippen LogP contribution in [0.3, 0.4) is 0 Å². The Balaban J connectivity index is 1.29. The van der Waals surface area contributed by atoms with Crippen LogP contribution in [0.4, 0.5) is 5.69 Å². The first-order valence-electron chi connectivity index (χ1n) is 18.4. The first-order chi connectivity index (χ1) is 23.9. The molecule has 2 bridgehead atoms. The summed E-state index contributed by atoms with van der Waals surface area (Å²) >= 11 is 6.45. The van der Waals surface area contributed by atoms with Gasteiger partial charge in [0.05, 0.1) is 29.6 Å². The molecule has 2 N–H and O–H groups in total. The van der Waals surface area contributed by atoms with E-state index in [9.17, 15) is 23.1 Å². The Hall–Kier alpha value is -3.08. The van der Waals surface area contributed by atoms with Crippen molar-refractivity contribution in [2.45, 2.75) is 94.3 Å². The van der Waals surface area contributed by atoms with E-state index >= 15 is 0 Å². The number of benzene rings is 2. The van der Waals surface area contributed by atoms with Crippen molar-refractivity contribution in [3.8, 4) is 5.75 Å². The van der Waals surface area contributed by atoms with E-state index in [1.807, 2.05) is 24.0 Å². The predicted molar refractivity (Wildman–Crippen MR) is 195 cm³/mol. The highest BCUT2D eigenvalue weighted by Crippen LogP contribution is 2.49. The van der Waals surface area contributed by atoms with Gasteiger partial charge in [-0.15, -0.1) is 0 Å². The normalized spacial score (nSPS) is 33.2. The molecule has 3 heterocycles. The summed E-state index contributed by atoms with van der Waals surface area (Å²) in [5, 5.41) is 12.4.